The third-order valence-electron chi connectivity index (χ3n) is 5.87. The normalized spacial score (nSPS) is 29.9. The third kappa shape index (κ3) is 3.60. The number of thioether (sulfide) groups is 1. The van der Waals surface area contributed by atoms with Crippen molar-refractivity contribution in [1.29, 1.82) is 0 Å². The van der Waals surface area contributed by atoms with Gasteiger partial charge in [0, 0.05) is 24.1 Å². The Morgan fingerprint density at radius 1 is 1.39 bits per heavy atom. The lowest BCUT2D eigenvalue weighted by atomic mass is 9.67. The van der Waals surface area contributed by atoms with E-state index < -0.39 is 11.7 Å². The van der Waals surface area contributed by atoms with Gasteiger partial charge in [-0.3, -0.25) is 14.8 Å². The highest BCUT2D eigenvalue weighted by Crippen LogP contribution is 2.49. The molecule has 0 radical (unpaired) electrons. The summed E-state index contributed by atoms with van der Waals surface area (Å²) < 4.78 is 15.0. The Morgan fingerprint density at radius 3 is 3.04 bits per heavy atom. The highest BCUT2D eigenvalue weighted by Gasteiger charge is 2.48. The number of carbonyl (C=O) groups excluding carboxylic acids is 1. The molecule has 1 aromatic heterocycles. The van der Waals surface area contributed by atoms with Crippen LogP contribution in [-0.2, 0) is 0 Å². The van der Waals surface area contributed by atoms with Gasteiger partial charge >= 0.3 is 0 Å². The minimum atomic E-state index is -1.10. The van der Waals surface area contributed by atoms with Gasteiger partial charge in [-0.25, -0.2) is 4.39 Å². The molecule has 1 aliphatic heterocycles. The number of allylic oxidation sites excluding steroid dienone is 2. The van der Waals surface area contributed by atoms with E-state index in [4.69, 9.17) is 10.7 Å². The van der Waals surface area contributed by atoms with Gasteiger partial charge in [0.1, 0.15) is 11.9 Å². The van der Waals surface area contributed by atoms with Gasteiger partial charge in [-0.05, 0) is 49.0 Å². The van der Waals surface area contributed by atoms with Crippen molar-refractivity contribution < 1.29 is 9.18 Å². The van der Waals surface area contributed by atoms with Crippen LogP contribution in [0.4, 0.5) is 4.39 Å². The minimum Gasteiger partial charge on any atom is -0.379 e. The summed E-state index contributed by atoms with van der Waals surface area (Å²) in [5.74, 6) is 0.869. The molecule has 1 aromatic rings. The monoisotopic (exact) mass is 400 g/mol. The fourth-order valence-corrected chi connectivity index (χ4v) is 5.45. The van der Waals surface area contributed by atoms with Crippen molar-refractivity contribution in [2.24, 2.45) is 16.6 Å². The molecule has 148 valence electrons. The van der Waals surface area contributed by atoms with Crippen LogP contribution in [0.5, 0.6) is 0 Å². The molecule has 28 heavy (non-hydrogen) atoms. The van der Waals surface area contributed by atoms with Gasteiger partial charge in [0.05, 0.1) is 5.54 Å². The predicted molar refractivity (Wildman–Crippen MR) is 111 cm³/mol. The lowest BCUT2D eigenvalue weighted by Crippen LogP contribution is -2.49. The molecule has 2 aliphatic carbocycles. The molecule has 1 amide bonds. The largest absolute Gasteiger partial charge is 0.379 e. The summed E-state index contributed by atoms with van der Waals surface area (Å²) in [7, 11) is 0. The molecule has 0 bridgehead atoms. The van der Waals surface area contributed by atoms with E-state index in [1.165, 1.54) is 0 Å². The van der Waals surface area contributed by atoms with Crippen LogP contribution in [0.15, 0.2) is 46.7 Å². The van der Waals surface area contributed by atoms with Gasteiger partial charge in [0.25, 0.3) is 5.91 Å². The Labute approximate surface area is 168 Å². The topological polar surface area (TPSA) is 80.4 Å². The van der Waals surface area contributed by atoms with Crippen molar-refractivity contribution in [1.82, 2.24) is 10.3 Å². The number of nitrogens with zero attached hydrogens (tertiary/aromatic N) is 2. The first-order valence-corrected chi connectivity index (χ1v) is 10.7. The van der Waals surface area contributed by atoms with E-state index >= 15 is 4.39 Å². The SMILES string of the molecule is Cc1ccc(C(=O)NC2=CCC(F)C([C@]34CCCC[C@H]3CSC(N)=N4)=C2)nc1. The highest BCUT2D eigenvalue weighted by molar-refractivity contribution is 8.13. The quantitative estimate of drug-likeness (QED) is 0.811. The number of hydrogen-bond donors (Lipinski definition) is 2. The van der Waals surface area contributed by atoms with Gasteiger partial charge in [0.2, 0.25) is 0 Å². The van der Waals surface area contributed by atoms with Gasteiger partial charge < -0.3 is 11.1 Å². The zero-order chi connectivity index (χ0) is 19.7. The first-order valence-electron chi connectivity index (χ1n) is 9.76. The highest BCUT2D eigenvalue weighted by atomic mass is 32.2. The fraction of sp³-hybridized carbons (Fsp3) is 0.476. The molecule has 0 aromatic carbocycles. The van der Waals surface area contributed by atoms with Crippen molar-refractivity contribution in [2.75, 3.05) is 5.75 Å². The number of amides is 1. The summed E-state index contributed by atoms with van der Waals surface area (Å²) in [4.78, 5) is 21.5. The Balaban J connectivity index is 1.62. The average molecular weight is 401 g/mol. The number of aliphatic imine (C=N–C) groups is 1. The molecule has 5 nitrogen and oxygen atoms in total. The van der Waals surface area contributed by atoms with Gasteiger partial charge in [-0.1, -0.05) is 36.7 Å². The standard InChI is InChI=1S/C21H25FN4OS/c1-13-5-8-18(24-11-13)19(27)25-15-6-7-17(22)16(10-15)21-9-3-2-4-14(21)12-28-20(23)26-21/h5-6,8,10-11,14,17H,2-4,7,9,12H2,1H3,(H2,23,26)(H,25,27)/t14-,17?,21-/m0/s1. The first-order chi connectivity index (χ1) is 13.5. The lowest BCUT2D eigenvalue weighted by Gasteiger charge is -2.46. The van der Waals surface area contributed by atoms with Crippen LogP contribution in [-0.4, -0.2) is 33.5 Å². The van der Waals surface area contributed by atoms with E-state index in [0.717, 1.165) is 37.0 Å². The van der Waals surface area contributed by atoms with Crippen molar-refractivity contribution >= 4 is 22.8 Å². The maximum Gasteiger partial charge on any atom is 0.274 e. The Morgan fingerprint density at radius 2 is 2.25 bits per heavy atom. The number of aryl methyl sites for hydroxylation is 1. The molecular weight excluding hydrogens is 375 g/mol. The summed E-state index contributed by atoms with van der Waals surface area (Å²) in [6.45, 7) is 1.92. The second-order valence-corrected chi connectivity index (χ2v) is 8.81. The van der Waals surface area contributed by atoms with Crippen molar-refractivity contribution in [3.8, 4) is 0 Å². The van der Waals surface area contributed by atoms with E-state index in [1.807, 2.05) is 13.0 Å². The molecule has 1 unspecified atom stereocenters. The van der Waals surface area contributed by atoms with E-state index in [-0.39, 0.29) is 18.2 Å². The maximum atomic E-state index is 15.0. The smallest absolute Gasteiger partial charge is 0.274 e. The van der Waals surface area contributed by atoms with Crippen LogP contribution < -0.4 is 11.1 Å². The van der Waals surface area contributed by atoms with Crippen LogP contribution in [0.3, 0.4) is 0 Å². The summed E-state index contributed by atoms with van der Waals surface area (Å²) in [6, 6.07) is 3.54. The molecule has 0 spiro atoms. The van der Waals surface area contributed by atoms with E-state index in [0.29, 0.717) is 22.1 Å². The molecule has 1 saturated carbocycles. The van der Waals surface area contributed by atoms with E-state index in [1.54, 1.807) is 36.2 Å². The van der Waals surface area contributed by atoms with Crippen molar-refractivity contribution in [3.05, 3.63) is 53.0 Å². The number of amidine groups is 1. The zero-order valence-electron chi connectivity index (χ0n) is 16.0. The van der Waals surface area contributed by atoms with Gasteiger partial charge in [-0.15, -0.1) is 0 Å². The number of alkyl halides is 1. The van der Waals surface area contributed by atoms with Crippen LogP contribution >= 0.6 is 11.8 Å². The fourth-order valence-electron chi connectivity index (χ4n) is 4.41. The maximum absolute atomic E-state index is 15.0. The molecular formula is C21H25FN4OS. The molecule has 3 N–H and O–H groups in total. The van der Waals surface area contributed by atoms with Crippen LogP contribution in [0.25, 0.3) is 0 Å². The number of nitrogens with one attached hydrogen (secondary N) is 1. The Hall–Kier alpha value is -2.15. The molecule has 3 atom stereocenters. The number of aromatic nitrogens is 1. The molecule has 4 rings (SSSR count). The lowest BCUT2D eigenvalue weighted by molar-refractivity contribution is 0.0961. The molecule has 0 saturated heterocycles. The molecule has 3 aliphatic rings. The second-order valence-electron chi connectivity index (χ2n) is 7.77. The van der Waals surface area contributed by atoms with E-state index in [2.05, 4.69) is 10.3 Å². The number of hydrogen-bond acceptors (Lipinski definition) is 5. The summed E-state index contributed by atoms with van der Waals surface area (Å²) in [5, 5.41) is 3.42. The number of rotatable bonds is 3. The minimum absolute atomic E-state index is 0.236. The van der Waals surface area contributed by atoms with Gasteiger partial charge in [0.15, 0.2) is 5.17 Å². The van der Waals surface area contributed by atoms with E-state index in [9.17, 15) is 4.79 Å². The Bertz CT molecular complexity index is 864. The Kier molecular flexibility index (Phi) is 5.27. The predicted octanol–water partition coefficient (Wildman–Crippen LogP) is 3.66. The van der Waals surface area contributed by atoms with Crippen LogP contribution in [0, 0.1) is 12.8 Å². The number of pyridine rings is 1. The number of fused-ring (bicyclic) bond motifs is 1. The molecule has 7 heteroatoms. The number of halogens is 1. The first kappa shape index (κ1) is 19.2. The third-order valence-corrected chi connectivity index (χ3v) is 6.83. The van der Waals surface area contributed by atoms with Crippen LogP contribution in [0.2, 0.25) is 0 Å². The molecule has 1 fully saturated rings. The average Bonchev–Trinajstić information content (AvgIpc) is 2.69. The summed E-state index contributed by atoms with van der Waals surface area (Å²) >= 11 is 1.56. The summed E-state index contributed by atoms with van der Waals surface area (Å²) in [6.07, 6.45) is 8.32. The molecule has 2 heterocycles. The van der Waals surface area contributed by atoms with Crippen molar-refractivity contribution in [2.45, 2.75) is 50.7 Å². The second kappa shape index (κ2) is 7.70. The van der Waals surface area contributed by atoms with Crippen molar-refractivity contribution in [3.63, 3.8) is 0 Å². The van der Waals surface area contributed by atoms with Crippen LogP contribution in [0.1, 0.15) is 48.2 Å². The van der Waals surface area contributed by atoms with Gasteiger partial charge in [-0.2, -0.15) is 0 Å². The zero-order valence-corrected chi connectivity index (χ0v) is 16.8. The number of carbonyl (C=O) groups is 1. The summed E-state index contributed by atoms with van der Waals surface area (Å²) in [5.41, 5.74) is 8.09. The number of nitrogens with two attached hydrogens (primary N) is 1.